The van der Waals surface area contributed by atoms with Gasteiger partial charge in [0.15, 0.2) is 5.82 Å². The molecule has 1 unspecified atom stereocenters. The number of carbonyl (C=O) groups excluding carboxylic acids is 1. The third-order valence-electron chi connectivity index (χ3n) is 7.45. The standard InChI is InChI=1S/C27H33N6O8P/c1-2-19(26(36)39-17-8-6-7-9-17)32-42(37,41-18-10-4-3-5-11-18)38-15-27(14-28)24(35)22(34)23(40-27)20-12-13-21-25(29)30-16-31-33(20)21/h3-5,10-13,16-17,19,22-24,34-35H,2,6-9,15H2,1H3,(H,32,37)(H2,29,30,31)/t19-,22-,23-,24-,27+,42?/m0/s1. The Kier molecular flexibility index (Phi) is 8.79. The van der Waals surface area contributed by atoms with Crippen LogP contribution >= 0.6 is 7.75 Å². The first-order valence-corrected chi connectivity index (χ1v) is 15.2. The summed E-state index contributed by atoms with van der Waals surface area (Å²) in [6, 6.07) is 12.1. The Bertz CT molecular complexity index is 1490. The number of nitrogen functional groups attached to an aromatic ring is 1. The molecule has 5 N–H and O–H groups in total. The van der Waals surface area contributed by atoms with Crippen molar-refractivity contribution in [3.05, 3.63) is 54.5 Å². The summed E-state index contributed by atoms with van der Waals surface area (Å²) in [5, 5.41) is 38.9. The predicted molar refractivity (Wildman–Crippen MR) is 148 cm³/mol. The molecule has 2 fully saturated rings. The molecule has 2 aromatic heterocycles. The van der Waals surface area contributed by atoms with E-state index in [1.807, 2.05) is 6.07 Å². The first-order valence-electron chi connectivity index (χ1n) is 13.7. The van der Waals surface area contributed by atoms with Gasteiger partial charge in [-0.1, -0.05) is 25.1 Å². The molecule has 15 heteroatoms. The average molecular weight is 601 g/mol. The Hall–Kier alpha value is -3.57. The van der Waals surface area contributed by atoms with Gasteiger partial charge in [-0.2, -0.15) is 15.4 Å². The van der Waals surface area contributed by atoms with E-state index < -0.39 is 50.3 Å². The quantitative estimate of drug-likeness (QED) is 0.185. The Balaban J connectivity index is 1.38. The maximum atomic E-state index is 14.1. The van der Waals surface area contributed by atoms with Gasteiger partial charge in [-0.15, -0.1) is 0 Å². The second-order valence-corrected chi connectivity index (χ2v) is 12.0. The SMILES string of the molecule is CC[C@H](NP(=O)(OC[C@@]1(C#N)O[C@@H](c2ccc3c(N)ncnn23)[C@H](O)[C@@H]1O)Oc1ccccc1)C(=O)OC1CCCC1. The topological polar surface area (TPSA) is 204 Å². The van der Waals surface area contributed by atoms with Crippen LogP contribution in [0, 0.1) is 11.3 Å². The lowest BCUT2D eigenvalue weighted by Crippen LogP contribution is -2.46. The number of para-hydroxylation sites is 1. The number of anilines is 1. The van der Waals surface area contributed by atoms with Crippen molar-refractivity contribution < 1.29 is 38.1 Å². The molecule has 3 heterocycles. The lowest BCUT2D eigenvalue weighted by molar-refractivity contribution is -0.151. The van der Waals surface area contributed by atoms with E-state index in [2.05, 4.69) is 15.2 Å². The normalized spacial score (nSPS) is 26.5. The molecule has 5 rings (SSSR count). The number of hydrogen-bond donors (Lipinski definition) is 4. The van der Waals surface area contributed by atoms with Gasteiger partial charge in [-0.05, 0) is 56.4 Å². The van der Waals surface area contributed by atoms with Gasteiger partial charge >= 0.3 is 13.7 Å². The number of nitrogens with two attached hydrogens (primary N) is 1. The van der Waals surface area contributed by atoms with Crippen molar-refractivity contribution in [3.8, 4) is 11.8 Å². The van der Waals surface area contributed by atoms with Gasteiger partial charge in [-0.3, -0.25) is 9.32 Å². The Morgan fingerprint density at radius 1 is 1.29 bits per heavy atom. The van der Waals surface area contributed by atoms with E-state index in [9.17, 15) is 24.8 Å². The van der Waals surface area contributed by atoms with Crippen molar-refractivity contribution in [1.29, 1.82) is 5.26 Å². The van der Waals surface area contributed by atoms with Crippen LogP contribution in [0.5, 0.6) is 5.75 Å². The summed E-state index contributed by atoms with van der Waals surface area (Å²) in [6.45, 7) is 0.921. The number of nitrogens with one attached hydrogen (secondary N) is 1. The van der Waals surface area contributed by atoms with Crippen molar-refractivity contribution in [1.82, 2.24) is 19.7 Å². The second kappa shape index (κ2) is 12.3. The summed E-state index contributed by atoms with van der Waals surface area (Å²) in [4.78, 5) is 16.9. The highest BCUT2D eigenvalue weighted by Crippen LogP contribution is 2.48. The van der Waals surface area contributed by atoms with Crippen molar-refractivity contribution in [2.45, 2.75) is 75.1 Å². The molecule has 42 heavy (non-hydrogen) atoms. The van der Waals surface area contributed by atoms with Gasteiger partial charge < -0.3 is 29.9 Å². The molecule has 224 valence electrons. The van der Waals surface area contributed by atoms with Crippen molar-refractivity contribution in [3.63, 3.8) is 0 Å². The highest BCUT2D eigenvalue weighted by Gasteiger charge is 2.57. The summed E-state index contributed by atoms with van der Waals surface area (Å²) in [7, 11) is -4.41. The van der Waals surface area contributed by atoms with Gasteiger partial charge in [-0.25, -0.2) is 14.1 Å². The fourth-order valence-electron chi connectivity index (χ4n) is 5.12. The molecule has 1 saturated heterocycles. The number of ether oxygens (including phenoxy) is 2. The van der Waals surface area contributed by atoms with Gasteiger partial charge in [0, 0.05) is 0 Å². The number of benzene rings is 1. The Morgan fingerprint density at radius 2 is 2.02 bits per heavy atom. The zero-order valence-electron chi connectivity index (χ0n) is 22.9. The molecule has 1 aromatic carbocycles. The molecule has 3 aromatic rings. The number of aliphatic hydroxyl groups is 2. The fraction of sp³-hybridized carbons (Fsp3) is 0.481. The average Bonchev–Trinajstić information content (AvgIpc) is 3.72. The van der Waals surface area contributed by atoms with Crippen LogP contribution in [0.1, 0.15) is 50.8 Å². The number of aliphatic hydroxyl groups excluding tert-OH is 2. The van der Waals surface area contributed by atoms with Crippen LogP contribution in [0.25, 0.3) is 5.52 Å². The predicted octanol–water partition coefficient (Wildman–Crippen LogP) is 2.42. The number of nitriles is 1. The molecule has 0 bridgehead atoms. The summed E-state index contributed by atoms with van der Waals surface area (Å²) in [5.74, 6) is -0.254. The summed E-state index contributed by atoms with van der Waals surface area (Å²) < 4.78 is 38.4. The maximum absolute atomic E-state index is 14.1. The minimum atomic E-state index is -4.41. The molecule has 14 nitrogen and oxygen atoms in total. The number of rotatable bonds is 11. The molecule has 1 aliphatic carbocycles. The molecule has 0 spiro atoms. The molecular weight excluding hydrogens is 567 g/mol. The molecule has 0 radical (unpaired) electrons. The Labute approximate surface area is 241 Å². The zero-order chi connectivity index (χ0) is 29.9. The lowest BCUT2D eigenvalue weighted by Gasteiger charge is -2.29. The number of hydrogen-bond acceptors (Lipinski definition) is 12. The van der Waals surface area contributed by atoms with Gasteiger partial charge in [0.25, 0.3) is 0 Å². The lowest BCUT2D eigenvalue weighted by atomic mass is 9.96. The summed E-state index contributed by atoms with van der Waals surface area (Å²) >= 11 is 0. The highest BCUT2D eigenvalue weighted by molar-refractivity contribution is 7.52. The minimum Gasteiger partial charge on any atom is -0.461 e. The van der Waals surface area contributed by atoms with E-state index in [-0.39, 0.29) is 24.1 Å². The molecule has 1 aliphatic heterocycles. The third-order valence-corrected chi connectivity index (χ3v) is 9.00. The van der Waals surface area contributed by atoms with Gasteiger partial charge in [0.1, 0.15) is 60.7 Å². The van der Waals surface area contributed by atoms with E-state index in [1.54, 1.807) is 49.4 Å². The number of aromatic nitrogens is 3. The third kappa shape index (κ3) is 5.98. The number of esters is 1. The zero-order valence-corrected chi connectivity index (χ0v) is 23.8. The summed E-state index contributed by atoms with van der Waals surface area (Å²) in [6.07, 6.45) is 0.0559. The van der Waals surface area contributed by atoms with Crippen LogP contribution in [0.4, 0.5) is 5.82 Å². The molecule has 0 amide bonds. The Morgan fingerprint density at radius 3 is 2.71 bits per heavy atom. The fourth-order valence-corrected chi connectivity index (χ4v) is 6.73. The molecule has 2 aliphatic rings. The van der Waals surface area contributed by atoms with Gasteiger partial charge in [0.05, 0.1) is 5.69 Å². The van der Waals surface area contributed by atoms with Crippen molar-refractivity contribution in [2.75, 3.05) is 12.3 Å². The van der Waals surface area contributed by atoms with E-state index in [1.165, 1.54) is 10.8 Å². The van der Waals surface area contributed by atoms with Crippen LogP contribution in [0.2, 0.25) is 0 Å². The minimum absolute atomic E-state index is 0.168. The first-order chi connectivity index (χ1) is 20.2. The van der Waals surface area contributed by atoms with Crippen molar-refractivity contribution in [2.24, 2.45) is 0 Å². The summed E-state index contributed by atoms with van der Waals surface area (Å²) in [5.41, 5.74) is 4.46. The molecule has 6 atom stereocenters. The highest BCUT2D eigenvalue weighted by atomic mass is 31.2. The molecule has 1 saturated carbocycles. The van der Waals surface area contributed by atoms with Crippen LogP contribution in [-0.2, 0) is 23.4 Å². The number of nitrogens with zero attached hydrogens (tertiary/aromatic N) is 4. The van der Waals surface area contributed by atoms with Crippen LogP contribution in [0.3, 0.4) is 0 Å². The first kappa shape index (κ1) is 29.9. The van der Waals surface area contributed by atoms with Gasteiger partial charge in [0.2, 0.25) is 5.60 Å². The van der Waals surface area contributed by atoms with E-state index in [4.69, 9.17) is 24.3 Å². The van der Waals surface area contributed by atoms with Crippen LogP contribution < -0.4 is 15.3 Å². The monoisotopic (exact) mass is 600 g/mol. The van der Waals surface area contributed by atoms with Crippen LogP contribution in [-0.4, -0.2) is 67.3 Å². The number of carbonyl (C=O) groups is 1. The number of fused-ring (bicyclic) bond motifs is 1. The van der Waals surface area contributed by atoms with E-state index in [0.29, 0.717) is 11.2 Å². The van der Waals surface area contributed by atoms with E-state index in [0.717, 1.165) is 25.7 Å². The smallest absolute Gasteiger partial charge is 0.459 e. The largest absolute Gasteiger partial charge is 0.461 e. The van der Waals surface area contributed by atoms with Crippen molar-refractivity contribution >= 4 is 25.1 Å². The van der Waals surface area contributed by atoms with Crippen LogP contribution in [0.15, 0.2) is 48.8 Å². The second-order valence-electron chi connectivity index (χ2n) is 10.3. The molecular formula is C27H33N6O8P. The maximum Gasteiger partial charge on any atom is 0.459 e. The van der Waals surface area contributed by atoms with E-state index >= 15 is 0 Å².